The lowest BCUT2D eigenvalue weighted by atomic mass is 9.98. The van der Waals surface area contributed by atoms with Gasteiger partial charge in [0.15, 0.2) is 0 Å². The molecule has 2 heterocycles. The fraction of sp³-hybridized carbons (Fsp3) is 0.300. The molecular formula is C20H21N3O3S. The van der Waals surface area contributed by atoms with E-state index in [2.05, 4.69) is 35.7 Å². The van der Waals surface area contributed by atoms with Gasteiger partial charge in [-0.15, -0.1) is 11.3 Å². The highest BCUT2D eigenvalue weighted by molar-refractivity contribution is 7.17. The fourth-order valence-corrected chi connectivity index (χ4v) is 3.37. The maximum atomic E-state index is 11.3. The molecular weight excluding hydrogens is 362 g/mol. The molecule has 0 radical (unpaired) electrons. The first kappa shape index (κ1) is 19.0. The minimum Gasteiger partial charge on any atom is -0.492 e. The van der Waals surface area contributed by atoms with E-state index >= 15 is 0 Å². The SMILES string of the molecule is Cc1nc(-c2ccc(OCC(C)(C)C)c(-c3cncnc3)c2)sc1C(=O)O. The third kappa shape index (κ3) is 4.49. The molecule has 0 unspecified atom stereocenters. The molecule has 0 spiro atoms. The fourth-order valence-electron chi connectivity index (χ4n) is 2.47. The zero-order valence-corrected chi connectivity index (χ0v) is 16.5. The summed E-state index contributed by atoms with van der Waals surface area (Å²) in [6, 6.07) is 5.73. The van der Waals surface area contributed by atoms with Gasteiger partial charge in [-0.25, -0.2) is 19.7 Å². The van der Waals surface area contributed by atoms with Crippen molar-refractivity contribution in [2.45, 2.75) is 27.7 Å². The Morgan fingerprint density at radius 3 is 2.48 bits per heavy atom. The quantitative estimate of drug-likeness (QED) is 0.687. The van der Waals surface area contributed by atoms with Gasteiger partial charge in [0.1, 0.15) is 22.0 Å². The van der Waals surface area contributed by atoms with Gasteiger partial charge in [0.25, 0.3) is 0 Å². The second kappa shape index (κ2) is 7.44. The van der Waals surface area contributed by atoms with E-state index in [1.165, 1.54) is 17.7 Å². The maximum Gasteiger partial charge on any atom is 0.347 e. The standard InChI is InChI=1S/C20H21N3O3S/c1-12-17(19(24)25)27-18(23-12)13-5-6-16(26-10-20(2,3)4)15(7-13)14-8-21-11-22-9-14/h5-9,11H,10H2,1-4H3,(H,24,25). The molecule has 3 rings (SSSR count). The highest BCUT2D eigenvalue weighted by Gasteiger charge is 2.18. The van der Waals surface area contributed by atoms with Crippen LogP contribution in [0.3, 0.4) is 0 Å². The zero-order chi connectivity index (χ0) is 19.6. The number of carboxylic acid groups (broad SMARTS) is 1. The van der Waals surface area contributed by atoms with Crippen molar-refractivity contribution in [1.29, 1.82) is 0 Å². The number of aryl methyl sites for hydroxylation is 1. The third-order valence-electron chi connectivity index (χ3n) is 3.75. The van der Waals surface area contributed by atoms with Gasteiger partial charge in [0, 0.05) is 29.1 Å². The van der Waals surface area contributed by atoms with E-state index in [1.54, 1.807) is 19.3 Å². The minimum atomic E-state index is -0.960. The number of rotatable bonds is 5. The Kier molecular flexibility index (Phi) is 5.23. The van der Waals surface area contributed by atoms with Crippen LogP contribution in [-0.4, -0.2) is 32.6 Å². The number of thiazole rings is 1. The van der Waals surface area contributed by atoms with E-state index in [4.69, 9.17) is 4.74 Å². The number of carbonyl (C=O) groups is 1. The molecule has 0 bridgehead atoms. The van der Waals surface area contributed by atoms with Gasteiger partial charge in [-0.05, 0) is 30.5 Å². The van der Waals surface area contributed by atoms with E-state index < -0.39 is 5.97 Å². The van der Waals surface area contributed by atoms with Gasteiger partial charge in [-0.1, -0.05) is 20.8 Å². The predicted octanol–water partition coefficient (Wildman–Crippen LogP) is 4.70. The van der Waals surface area contributed by atoms with Crippen molar-refractivity contribution in [3.8, 4) is 27.4 Å². The van der Waals surface area contributed by atoms with Crippen LogP contribution in [0.1, 0.15) is 36.1 Å². The van der Waals surface area contributed by atoms with Crippen LogP contribution < -0.4 is 4.74 Å². The van der Waals surface area contributed by atoms with Crippen molar-refractivity contribution in [3.63, 3.8) is 0 Å². The first-order chi connectivity index (χ1) is 12.7. The number of aromatic nitrogens is 3. The average molecular weight is 383 g/mol. The number of nitrogens with zero attached hydrogens (tertiary/aromatic N) is 3. The third-order valence-corrected chi connectivity index (χ3v) is 4.94. The summed E-state index contributed by atoms with van der Waals surface area (Å²) in [6.07, 6.45) is 4.93. The first-order valence-corrected chi connectivity index (χ1v) is 9.29. The van der Waals surface area contributed by atoms with Crippen LogP contribution in [0.5, 0.6) is 5.75 Å². The molecule has 6 nitrogen and oxygen atoms in total. The normalized spacial score (nSPS) is 11.4. The molecule has 0 fully saturated rings. The molecule has 27 heavy (non-hydrogen) atoms. The Morgan fingerprint density at radius 1 is 1.19 bits per heavy atom. The first-order valence-electron chi connectivity index (χ1n) is 8.48. The van der Waals surface area contributed by atoms with Crippen molar-refractivity contribution in [3.05, 3.63) is 47.5 Å². The minimum absolute atomic E-state index is 0.0198. The van der Waals surface area contributed by atoms with E-state index in [0.29, 0.717) is 17.3 Å². The number of ether oxygens (including phenoxy) is 1. The van der Waals surface area contributed by atoms with Gasteiger partial charge >= 0.3 is 5.97 Å². The largest absolute Gasteiger partial charge is 0.492 e. The summed E-state index contributed by atoms with van der Waals surface area (Å²) in [7, 11) is 0. The molecule has 2 aromatic heterocycles. The van der Waals surface area contributed by atoms with Crippen molar-refractivity contribution >= 4 is 17.3 Å². The molecule has 0 amide bonds. The van der Waals surface area contributed by atoms with Gasteiger partial charge < -0.3 is 9.84 Å². The summed E-state index contributed by atoms with van der Waals surface area (Å²) in [5.41, 5.74) is 3.04. The summed E-state index contributed by atoms with van der Waals surface area (Å²) in [6.45, 7) is 8.60. The van der Waals surface area contributed by atoms with E-state index in [1.807, 2.05) is 18.2 Å². The molecule has 140 valence electrons. The highest BCUT2D eigenvalue weighted by atomic mass is 32.1. The molecule has 1 aromatic carbocycles. The number of hydrogen-bond acceptors (Lipinski definition) is 6. The van der Waals surface area contributed by atoms with Crippen LogP contribution in [0.4, 0.5) is 0 Å². The molecule has 0 aliphatic rings. The smallest absolute Gasteiger partial charge is 0.347 e. The number of hydrogen-bond donors (Lipinski definition) is 1. The van der Waals surface area contributed by atoms with E-state index in [-0.39, 0.29) is 10.3 Å². The Balaban J connectivity index is 2.05. The number of aromatic carboxylic acids is 1. The van der Waals surface area contributed by atoms with Crippen LogP contribution in [0, 0.1) is 12.3 Å². The van der Waals surface area contributed by atoms with Gasteiger partial charge in [0.2, 0.25) is 0 Å². The summed E-state index contributed by atoms with van der Waals surface area (Å²) >= 11 is 1.17. The Bertz CT molecular complexity index is 962. The highest BCUT2D eigenvalue weighted by Crippen LogP contribution is 2.36. The van der Waals surface area contributed by atoms with Crippen LogP contribution in [-0.2, 0) is 0 Å². The predicted molar refractivity (Wildman–Crippen MR) is 105 cm³/mol. The topological polar surface area (TPSA) is 85.2 Å². The van der Waals surface area contributed by atoms with E-state index in [0.717, 1.165) is 22.4 Å². The molecule has 0 atom stereocenters. The number of benzene rings is 1. The molecule has 3 aromatic rings. The summed E-state index contributed by atoms with van der Waals surface area (Å²) < 4.78 is 6.05. The van der Waals surface area contributed by atoms with E-state index in [9.17, 15) is 9.90 Å². The van der Waals surface area contributed by atoms with Crippen LogP contribution >= 0.6 is 11.3 Å². The summed E-state index contributed by atoms with van der Waals surface area (Å²) in [4.78, 5) is 24.2. The molecule has 0 saturated heterocycles. The van der Waals surface area contributed by atoms with Gasteiger partial charge in [0.05, 0.1) is 12.3 Å². The lowest BCUT2D eigenvalue weighted by Gasteiger charge is -2.20. The van der Waals surface area contributed by atoms with Crippen LogP contribution in [0.15, 0.2) is 36.9 Å². The Labute approximate surface area is 161 Å². The summed E-state index contributed by atoms with van der Waals surface area (Å²) in [5, 5.41) is 9.94. The Morgan fingerprint density at radius 2 is 1.89 bits per heavy atom. The summed E-state index contributed by atoms with van der Waals surface area (Å²) in [5.74, 6) is -0.228. The van der Waals surface area contributed by atoms with Crippen LogP contribution in [0.25, 0.3) is 21.7 Å². The van der Waals surface area contributed by atoms with Crippen molar-refractivity contribution < 1.29 is 14.6 Å². The zero-order valence-electron chi connectivity index (χ0n) is 15.7. The average Bonchev–Trinajstić information content (AvgIpc) is 3.02. The Hall–Kier alpha value is -2.80. The van der Waals surface area contributed by atoms with Crippen LogP contribution in [0.2, 0.25) is 0 Å². The monoisotopic (exact) mass is 383 g/mol. The molecule has 7 heteroatoms. The molecule has 0 aliphatic heterocycles. The number of carboxylic acids is 1. The lowest BCUT2D eigenvalue weighted by molar-refractivity contribution is 0.0701. The maximum absolute atomic E-state index is 11.3. The molecule has 1 N–H and O–H groups in total. The molecule has 0 saturated carbocycles. The second-order valence-corrected chi connectivity index (χ2v) is 8.43. The van der Waals surface area contributed by atoms with Crippen molar-refractivity contribution in [2.24, 2.45) is 5.41 Å². The van der Waals surface area contributed by atoms with Gasteiger partial charge in [-0.3, -0.25) is 0 Å². The van der Waals surface area contributed by atoms with Gasteiger partial charge in [-0.2, -0.15) is 0 Å². The van der Waals surface area contributed by atoms with Crippen molar-refractivity contribution in [1.82, 2.24) is 15.0 Å². The lowest BCUT2D eigenvalue weighted by Crippen LogP contribution is -2.17. The molecule has 0 aliphatic carbocycles. The second-order valence-electron chi connectivity index (χ2n) is 7.43. The van der Waals surface area contributed by atoms with Crippen molar-refractivity contribution in [2.75, 3.05) is 6.61 Å².